The Morgan fingerprint density at radius 1 is 1.20 bits per heavy atom. The van der Waals surface area contributed by atoms with Gasteiger partial charge in [0.2, 0.25) is 11.8 Å². The van der Waals surface area contributed by atoms with Crippen LogP contribution in [0.15, 0.2) is 12.3 Å². The molecule has 168 valence electrons. The number of ether oxygens (including phenoxy) is 1. The molecule has 1 aliphatic carbocycles. The van der Waals surface area contributed by atoms with Crippen LogP contribution in [-0.4, -0.2) is 34.5 Å². The smallest absolute Gasteiger partial charge is 0.408 e. The first-order valence-corrected chi connectivity index (χ1v) is 9.76. The van der Waals surface area contributed by atoms with Gasteiger partial charge in [0.15, 0.2) is 0 Å². The van der Waals surface area contributed by atoms with Crippen LogP contribution in [0.5, 0.6) is 0 Å². The zero-order chi connectivity index (χ0) is 22.7. The van der Waals surface area contributed by atoms with Crippen molar-refractivity contribution in [1.82, 2.24) is 15.6 Å². The van der Waals surface area contributed by atoms with Crippen LogP contribution < -0.4 is 10.6 Å². The number of alkyl carbamates (subject to hydrolysis) is 1. The summed E-state index contributed by atoms with van der Waals surface area (Å²) in [6.45, 7) is 6.39. The molecule has 2 amide bonds. The summed E-state index contributed by atoms with van der Waals surface area (Å²) in [5.74, 6) is -5.83. The van der Waals surface area contributed by atoms with Gasteiger partial charge in [-0.1, -0.05) is 0 Å². The molecule has 0 spiro atoms. The third-order valence-electron chi connectivity index (χ3n) is 4.79. The Hall–Kier alpha value is -2.39. The summed E-state index contributed by atoms with van der Waals surface area (Å²) in [6, 6.07) is -1.45. The number of nitrogens with zero attached hydrogens (tertiary/aromatic N) is 1. The largest absolute Gasteiger partial charge is 0.444 e. The SMILES string of the molecule is C[C@@H](NC(=O)[C@H](NC(=O)OC(C)(C)C)C1CCC(F)(F)CC1)c1ncc(F)cc1F. The number of carbonyl (C=O) groups is 2. The quantitative estimate of drug-likeness (QED) is 0.680. The zero-order valence-electron chi connectivity index (χ0n) is 17.4. The predicted molar refractivity (Wildman–Crippen MR) is 101 cm³/mol. The summed E-state index contributed by atoms with van der Waals surface area (Å²) in [7, 11) is 0. The lowest BCUT2D eigenvalue weighted by atomic mass is 9.81. The molecule has 0 saturated heterocycles. The molecule has 1 heterocycles. The summed E-state index contributed by atoms with van der Waals surface area (Å²) in [4.78, 5) is 28.7. The van der Waals surface area contributed by atoms with E-state index in [0.29, 0.717) is 6.07 Å². The Morgan fingerprint density at radius 2 is 1.80 bits per heavy atom. The topological polar surface area (TPSA) is 80.3 Å². The van der Waals surface area contributed by atoms with Crippen LogP contribution in [0.2, 0.25) is 0 Å². The molecule has 0 radical (unpaired) electrons. The monoisotopic (exact) mass is 433 g/mol. The van der Waals surface area contributed by atoms with E-state index in [0.717, 1.165) is 6.20 Å². The number of nitrogens with one attached hydrogen (secondary N) is 2. The van der Waals surface area contributed by atoms with Crippen LogP contribution in [0, 0.1) is 17.6 Å². The van der Waals surface area contributed by atoms with Crippen LogP contribution in [-0.2, 0) is 9.53 Å². The van der Waals surface area contributed by atoms with E-state index in [1.807, 2.05) is 0 Å². The number of halogens is 4. The number of amides is 2. The number of hydrogen-bond donors (Lipinski definition) is 2. The number of pyridine rings is 1. The molecule has 1 fully saturated rings. The van der Waals surface area contributed by atoms with Crippen molar-refractivity contribution in [3.8, 4) is 0 Å². The lowest BCUT2D eigenvalue weighted by molar-refractivity contribution is -0.127. The van der Waals surface area contributed by atoms with E-state index in [2.05, 4.69) is 15.6 Å². The number of hydrogen-bond acceptors (Lipinski definition) is 4. The van der Waals surface area contributed by atoms with Crippen molar-refractivity contribution in [2.45, 2.75) is 77.0 Å². The number of alkyl halides is 2. The van der Waals surface area contributed by atoms with Gasteiger partial charge in [0, 0.05) is 18.9 Å². The molecule has 0 bridgehead atoms. The second-order valence-electron chi connectivity index (χ2n) is 8.57. The van der Waals surface area contributed by atoms with Gasteiger partial charge < -0.3 is 15.4 Å². The van der Waals surface area contributed by atoms with Crippen LogP contribution in [0.25, 0.3) is 0 Å². The highest BCUT2D eigenvalue weighted by atomic mass is 19.3. The molecule has 0 aromatic carbocycles. The first kappa shape index (κ1) is 23.9. The molecule has 1 saturated carbocycles. The fourth-order valence-corrected chi connectivity index (χ4v) is 3.34. The highest BCUT2D eigenvalue weighted by Crippen LogP contribution is 2.37. The van der Waals surface area contributed by atoms with Crippen LogP contribution in [0.3, 0.4) is 0 Å². The minimum Gasteiger partial charge on any atom is -0.444 e. The van der Waals surface area contributed by atoms with Gasteiger partial charge in [-0.05, 0) is 46.5 Å². The first-order valence-electron chi connectivity index (χ1n) is 9.76. The second-order valence-corrected chi connectivity index (χ2v) is 8.57. The molecule has 1 aromatic heterocycles. The van der Waals surface area contributed by atoms with E-state index >= 15 is 0 Å². The predicted octanol–water partition coefficient (Wildman–Crippen LogP) is 4.26. The van der Waals surface area contributed by atoms with E-state index in [-0.39, 0.29) is 18.5 Å². The molecule has 1 aromatic rings. The fraction of sp³-hybridized carbons (Fsp3) is 0.650. The van der Waals surface area contributed by atoms with Crippen LogP contribution in [0.4, 0.5) is 22.4 Å². The van der Waals surface area contributed by atoms with Crippen molar-refractivity contribution in [3.63, 3.8) is 0 Å². The maximum atomic E-state index is 14.0. The van der Waals surface area contributed by atoms with Crippen molar-refractivity contribution in [1.29, 1.82) is 0 Å². The van der Waals surface area contributed by atoms with E-state index in [4.69, 9.17) is 4.74 Å². The standard InChI is InChI=1S/C20H27F4N3O3/c1-11(15-14(22)9-13(21)10-25-15)26-17(28)16(27-18(29)30-19(2,3)4)12-5-7-20(23,24)8-6-12/h9-12,16H,5-8H2,1-4H3,(H,26,28)(H,27,29)/t11-,16-/m1/s1. The average Bonchev–Trinajstić information content (AvgIpc) is 2.58. The van der Waals surface area contributed by atoms with E-state index in [1.165, 1.54) is 6.92 Å². The van der Waals surface area contributed by atoms with E-state index < -0.39 is 66.0 Å². The summed E-state index contributed by atoms with van der Waals surface area (Å²) in [6.07, 6.45) is -0.793. The van der Waals surface area contributed by atoms with Gasteiger partial charge in [0.25, 0.3) is 0 Å². The van der Waals surface area contributed by atoms with E-state index in [9.17, 15) is 27.2 Å². The van der Waals surface area contributed by atoms with Gasteiger partial charge in [0.1, 0.15) is 23.3 Å². The van der Waals surface area contributed by atoms with Gasteiger partial charge in [0.05, 0.1) is 17.9 Å². The molecule has 0 unspecified atom stereocenters. The summed E-state index contributed by atoms with van der Waals surface area (Å²) < 4.78 is 59.3. The molecule has 30 heavy (non-hydrogen) atoms. The second kappa shape index (κ2) is 9.18. The molecular weight excluding hydrogens is 406 g/mol. The maximum Gasteiger partial charge on any atom is 0.408 e. The van der Waals surface area contributed by atoms with Gasteiger partial charge in [-0.2, -0.15) is 0 Å². The molecular formula is C20H27F4N3O3. The Labute approximate surface area is 172 Å². The van der Waals surface area contributed by atoms with Gasteiger partial charge in [-0.25, -0.2) is 22.4 Å². The Bertz CT molecular complexity index is 773. The fourth-order valence-electron chi connectivity index (χ4n) is 3.34. The van der Waals surface area contributed by atoms with Crippen molar-refractivity contribution in [2.24, 2.45) is 5.92 Å². The number of rotatable bonds is 5. The number of carbonyl (C=O) groups excluding carboxylic acids is 2. The maximum absolute atomic E-state index is 14.0. The molecule has 2 rings (SSSR count). The Morgan fingerprint density at radius 3 is 2.33 bits per heavy atom. The molecule has 1 aliphatic rings. The lowest BCUT2D eigenvalue weighted by Crippen LogP contribution is -2.53. The highest BCUT2D eigenvalue weighted by molar-refractivity contribution is 5.86. The van der Waals surface area contributed by atoms with E-state index in [1.54, 1.807) is 20.8 Å². The molecule has 6 nitrogen and oxygen atoms in total. The van der Waals surface area contributed by atoms with Gasteiger partial charge >= 0.3 is 6.09 Å². The minimum absolute atomic E-state index is 0.0262. The molecule has 10 heteroatoms. The van der Waals surface area contributed by atoms with Crippen molar-refractivity contribution in [2.75, 3.05) is 0 Å². The van der Waals surface area contributed by atoms with Gasteiger partial charge in [-0.15, -0.1) is 0 Å². The average molecular weight is 433 g/mol. The summed E-state index contributed by atoms with van der Waals surface area (Å²) >= 11 is 0. The van der Waals surface area contributed by atoms with Crippen LogP contribution in [0.1, 0.15) is 65.1 Å². The van der Waals surface area contributed by atoms with Crippen molar-refractivity contribution < 1.29 is 31.9 Å². The molecule has 2 N–H and O–H groups in total. The summed E-state index contributed by atoms with van der Waals surface area (Å²) in [5.41, 5.74) is -1.00. The first-order chi connectivity index (χ1) is 13.8. The zero-order valence-corrected chi connectivity index (χ0v) is 17.4. The minimum atomic E-state index is -2.81. The normalized spacial score (nSPS) is 18.9. The molecule has 0 aliphatic heterocycles. The summed E-state index contributed by atoms with van der Waals surface area (Å²) in [5, 5.41) is 4.98. The number of aromatic nitrogens is 1. The molecule has 2 atom stereocenters. The lowest BCUT2D eigenvalue weighted by Gasteiger charge is -2.34. The third-order valence-corrected chi connectivity index (χ3v) is 4.79. The van der Waals surface area contributed by atoms with Crippen LogP contribution >= 0.6 is 0 Å². The van der Waals surface area contributed by atoms with Crippen molar-refractivity contribution >= 4 is 12.0 Å². The third kappa shape index (κ3) is 6.84. The highest BCUT2D eigenvalue weighted by Gasteiger charge is 2.41. The van der Waals surface area contributed by atoms with Gasteiger partial charge in [-0.3, -0.25) is 9.78 Å². The van der Waals surface area contributed by atoms with Crippen molar-refractivity contribution in [3.05, 3.63) is 29.6 Å². The Balaban J connectivity index is 2.15. The Kier molecular flexibility index (Phi) is 7.31.